The Kier molecular flexibility index (Phi) is 10.7. The Bertz CT molecular complexity index is 2110. The van der Waals surface area contributed by atoms with Gasteiger partial charge in [-0.2, -0.15) is 5.10 Å². The SMILES string of the molecule is CCc1nc2cccc(F)c2nc1OC1CC2C(=O)NC3(C(=O)NS(=O)(=O)C4(C)CC4)CCC3C=CCCCCCC(NC(=O)c3ccnn3C)C(O)N2C1. The highest BCUT2D eigenvalue weighted by molar-refractivity contribution is 7.91. The molecule has 6 atom stereocenters. The number of hydrogen-bond donors (Lipinski definition) is 4. The van der Waals surface area contributed by atoms with Gasteiger partial charge in [-0.05, 0) is 76.5 Å². The van der Waals surface area contributed by atoms with Crippen LogP contribution < -0.4 is 20.1 Å². The van der Waals surface area contributed by atoms with Gasteiger partial charge in [-0.25, -0.2) is 22.8 Å². The van der Waals surface area contributed by atoms with E-state index in [0.717, 1.165) is 12.8 Å². The minimum Gasteiger partial charge on any atom is -0.472 e. The number of nitrogens with zero attached hydrogens (tertiary/aromatic N) is 5. The highest BCUT2D eigenvalue weighted by Crippen LogP contribution is 2.45. The topological polar surface area (TPSA) is 198 Å². The zero-order chi connectivity index (χ0) is 39.1. The molecule has 3 aromatic rings. The van der Waals surface area contributed by atoms with Gasteiger partial charge in [0.15, 0.2) is 5.82 Å². The lowest BCUT2D eigenvalue weighted by atomic mass is 9.65. The van der Waals surface area contributed by atoms with E-state index in [9.17, 15) is 32.3 Å². The van der Waals surface area contributed by atoms with Crippen molar-refractivity contribution < 1.29 is 37.0 Å². The van der Waals surface area contributed by atoms with Crippen LogP contribution >= 0.6 is 0 Å². The summed E-state index contributed by atoms with van der Waals surface area (Å²) in [6.07, 6.45) is 8.65. The molecule has 2 aliphatic carbocycles. The van der Waals surface area contributed by atoms with Gasteiger partial charge in [-0.3, -0.25) is 28.7 Å². The predicted molar refractivity (Wildman–Crippen MR) is 199 cm³/mol. The minimum atomic E-state index is -4.01. The summed E-state index contributed by atoms with van der Waals surface area (Å²) in [6, 6.07) is 4.16. The summed E-state index contributed by atoms with van der Waals surface area (Å²) in [5, 5.41) is 22.2. The summed E-state index contributed by atoms with van der Waals surface area (Å²) in [6.45, 7) is 3.46. The molecule has 0 spiro atoms. The standard InChI is InChI=1S/C38H49FN8O7S/c1-4-26-34(43-31-25(39)12-10-14-27(31)41-26)54-24-21-30-33(49)44-38(36(51)45-55(52,53)37(2)18-19-37)17-15-23(38)11-8-6-5-7-9-13-28(35(50)47(30)22-24)42-32(48)29-16-20-40-46(29)3/h8,10-12,14,16,20,23-24,28,30,35,50H,4-7,9,13,15,17-19,21-22H2,1-3H3,(H,42,48)(H,44,49)(H,45,51). The summed E-state index contributed by atoms with van der Waals surface area (Å²) in [4.78, 5) is 52.7. The van der Waals surface area contributed by atoms with Crippen molar-refractivity contribution in [2.24, 2.45) is 13.0 Å². The molecular formula is C38H49FN8O7S. The molecule has 0 bridgehead atoms. The van der Waals surface area contributed by atoms with E-state index in [1.54, 1.807) is 37.1 Å². The minimum absolute atomic E-state index is 0.00669. The van der Waals surface area contributed by atoms with Gasteiger partial charge in [-0.15, -0.1) is 0 Å². The smallest absolute Gasteiger partial charge is 0.269 e. The van der Waals surface area contributed by atoms with E-state index < -0.39 is 74.2 Å². The zero-order valence-electron chi connectivity index (χ0n) is 31.3. The number of ether oxygens (including phenoxy) is 1. The van der Waals surface area contributed by atoms with Crippen LogP contribution in [0.25, 0.3) is 11.0 Å². The highest BCUT2D eigenvalue weighted by atomic mass is 32.2. The molecule has 296 valence electrons. The number of para-hydroxylation sites is 1. The fourth-order valence-corrected chi connectivity index (χ4v) is 9.18. The molecule has 3 fully saturated rings. The zero-order valence-corrected chi connectivity index (χ0v) is 32.1. The largest absolute Gasteiger partial charge is 0.472 e. The van der Waals surface area contributed by atoms with Gasteiger partial charge in [0.2, 0.25) is 21.8 Å². The van der Waals surface area contributed by atoms with Gasteiger partial charge >= 0.3 is 0 Å². The molecule has 2 aliphatic heterocycles. The van der Waals surface area contributed by atoms with Crippen molar-refractivity contribution >= 4 is 38.8 Å². The lowest BCUT2D eigenvalue weighted by Gasteiger charge is -2.48. The third-order valence-electron chi connectivity index (χ3n) is 11.8. The van der Waals surface area contributed by atoms with E-state index >= 15 is 0 Å². The van der Waals surface area contributed by atoms with Crippen molar-refractivity contribution in [3.8, 4) is 5.88 Å². The normalized spacial score (nSPS) is 28.5. The van der Waals surface area contributed by atoms with Crippen molar-refractivity contribution in [3.63, 3.8) is 0 Å². The predicted octanol–water partition coefficient (Wildman–Crippen LogP) is 2.79. The molecule has 3 amide bonds. The molecule has 1 aromatic carbocycles. The fourth-order valence-electron chi connectivity index (χ4n) is 7.87. The Morgan fingerprint density at radius 2 is 1.93 bits per heavy atom. The second-order valence-corrected chi connectivity index (χ2v) is 17.7. The van der Waals surface area contributed by atoms with Crippen LogP contribution in [-0.4, -0.2) is 97.1 Å². The molecular weight excluding hydrogens is 732 g/mol. The second-order valence-electron chi connectivity index (χ2n) is 15.5. The molecule has 6 unspecified atom stereocenters. The number of sulfonamides is 1. The first-order valence-electron chi connectivity index (χ1n) is 19.1. The lowest BCUT2D eigenvalue weighted by molar-refractivity contribution is -0.142. The van der Waals surface area contributed by atoms with E-state index in [-0.39, 0.29) is 30.8 Å². The summed E-state index contributed by atoms with van der Waals surface area (Å²) in [7, 11) is -2.37. The number of aromatic nitrogens is 4. The number of carbonyl (C=O) groups is 3. The van der Waals surface area contributed by atoms with Crippen LogP contribution in [0.3, 0.4) is 0 Å². The summed E-state index contributed by atoms with van der Waals surface area (Å²) < 4.78 is 50.4. The van der Waals surface area contributed by atoms with Crippen LogP contribution in [0.2, 0.25) is 0 Å². The average Bonchev–Trinajstić information content (AvgIpc) is 3.55. The van der Waals surface area contributed by atoms with E-state index in [1.807, 2.05) is 19.1 Å². The number of hydrogen-bond acceptors (Lipinski definition) is 11. The van der Waals surface area contributed by atoms with Gasteiger partial charge in [0.25, 0.3) is 11.8 Å². The van der Waals surface area contributed by atoms with Crippen LogP contribution in [-0.2, 0) is 33.1 Å². The van der Waals surface area contributed by atoms with Crippen LogP contribution in [0.4, 0.5) is 4.39 Å². The molecule has 17 heteroatoms. The van der Waals surface area contributed by atoms with E-state index in [1.165, 1.54) is 16.9 Å². The number of allylic oxidation sites excluding steroid dienone is 1. The second kappa shape index (κ2) is 15.2. The third kappa shape index (κ3) is 7.57. The molecule has 15 nitrogen and oxygen atoms in total. The van der Waals surface area contributed by atoms with Crippen LogP contribution in [0.15, 0.2) is 42.6 Å². The molecule has 2 saturated carbocycles. The number of aryl methyl sites for hydroxylation is 2. The van der Waals surface area contributed by atoms with Gasteiger partial charge in [0, 0.05) is 32.1 Å². The first-order chi connectivity index (χ1) is 26.2. The third-order valence-corrected chi connectivity index (χ3v) is 13.9. The van der Waals surface area contributed by atoms with Crippen molar-refractivity contribution in [2.45, 2.75) is 119 Å². The fraction of sp³-hybridized carbons (Fsp3) is 0.579. The molecule has 0 radical (unpaired) electrons. The van der Waals surface area contributed by atoms with Crippen LogP contribution in [0, 0.1) is 11.7 Å². The summed E-state index contributed by atoms with van der Waals surface area (Å²) in [5.74, 6) is -2.77. The lowest BCUT2D eigenvalue weighted by Crippen LogP contribution is -2.70. The van der Waals surface area contributed by atoms with Crippen molar-refractivity contribution in [1.82, 2.24) is 40.0 Å². The molecule has 1 saturated heterocycles. The van der Waals surface area contributed by atoms with E-state index in [4.69, 9.17) is 4.74 Å². The maximum Gasteiger partial charge on any atom is 0.269 e. The Morgan fingerprint density at radius 3 is 2.62 bits per heavy atom. The summed E-state index contributed by atoms with van der Waals surface area (Å²) in [5.41, 5.74) is -0.371. The number of aliphatic hydroxyl groups is 1. The van der Waals surface area contributed by atoms with Crippen molar-refractivity contribution in [2.75, 3.05) is 6.54 Å². The quantitative estimate of drug-likeness (QED) is 0.245. The number of benzene rings is 1. The number of rotatable bonds is 8. The monoisotopic (exact) mass is 780 g/mol. The average molecular weight is 781 g/mol. The molecule has 55 heavy (non-hydrogen) atoms. The Morgan fingerprint density at radius 1 is 1.13 bits per heavy atom. The number of amides is 3. The van der Waals surface area contributed by atoms with Gasteiger partial charge in [0.05, 0.1) is 22.3 Å². The number of aliphatic hydroxyl groups excluding tert-OH is 1. The van der Waals surface area contributed by atoms with Gasteiger partial charge in [-0.1, -0.05) is 38.0 Å². The van der Waals surface area contributed by atoms with Crippen molar-refractivity contribution in [3.05, 3.63) is 59.8 Å². The van der Waals surface area contributed by atoms with Gasteiger partial charge < -0.3 is 20.5 Å². The van der Waals surface area contributed by atoms with Crippen LogP contribution in [0.1, 0.15) is 94.2 Å². The maximum atomic E-state index is 14.8. The van der Waals surface area contributed by atoms with Gasteiger partial charge in [0.1, 0.15) is 34.8 Å². The number of nitrogens with one attached hydrogen (secondary N) is 3. The number of halogens is 1. The Labute approximate surface area is 319 Å². The first kappa shape index (κ1) is 38.8. The van der Waals surface area contributed by atoms with E-state index in [0.29, 0.717) is 61.9 Å². The Hall–Kier alpha value is -4.48. The number of carbonyl (C=O) groups excluding carboxylic acids is 3. The molecule has 7 rings (SSSR count). The highest BCUT2D eigenvalue weighted by Gasteiger charge is 2.58. The Balaban J connectivity index is 1.22. The molecule has 4 N–H and O–H groups in total. The first-order valence-corrected chi connectivity index (χ1v) is 20.6. The van der Waals surface area contributed by atoms with Crippen molar-refractivity contribution in [1.29, 1.82) is 0 Å². The number of fused-ring (bicyclic) bond motifs is 3. The summed E-state index contributed by atoms with van der Waals surface area (Å²) >= 11 is 0. The van der Waals surface area contributed by atoms with Crippen LogP contribution in [0.5, 0.6) is 5.88 Å². The molecule has 4 aliphatic rings. The van der Waals surface area contributed by atoms with E-state index in [2.05, 4.69) is 30.4 Å². The maximum absolute atomic E-state index is 14.8. The molecule has 4 heterocycles. The molecule has 2 aromatic heterocycles.